The number of nitrogens with one attached hydrogen (secondary N) is 1. The number of nitrogens with zero attached hydrogens (tertiary/aromatic N) is 2. The van der Waals surface area contributed by atoms with E-state index in [1.54, 1.807) is 50.2 Å². The van der Waals surface area contributed by atoms with Gasteiger partial charge in [0.05, 0.1) is 31.2 Å². The number of rotatable bonds is 12. The highest BCUT2D eigenvalue weighted by molar-refractivity contribution is 7.92. The minimum Gasteiger partial charge on any atom is -0.355 e. The number of benzene rings is 4. The van der Waals surface area contributed by atoms with Crippen LogP contribution in [0.5, 0.6) is 0 Å². The van der Waals surface area contributed by atoms with Gasteiger partial charge in [-0.1, -0.05) is 88.9 Å². The zero-order chi connectivity index (χ0) is 35.2. The van der Waals surface area contributed by atoms with Crippen LogP contribution in [0.25, 0.3) is 0 Å². The summed E-state index contributed by atoms with van der Waals surface area (Å²) in [6.07, 6.45) is -4.88. The van der Waals surface area contributed by atoms with Crippen molar-refractivity contribution in [2.24, 2.45) is 0 Å². The Morgan fingerprint density at radius 2 is 1.48 bits per heavy atom. The van der Waals surface area contributed by atoms with Gasteiger partial charge in [-0.3, -0.25) is 13.9 Å². The molecule has 2 amide bonds. The van der Waals surface area contributed by atoms with Crippen LogP contribution >= 0.6 is 34.8 Å². The summed E-state index contributed by atoms with van der Waals surface area (Å²) in [6.45, 7) is 2.51. The first-order valence-corrected chi connectivity index (χ1v) is 17.2. The Hall–Kier alpha value is -3.77. The molecule has 1 N–H and O–H groups in total. The summed E-state index contributed by atoms with van der Waals surface area (Å²) in [5.41, 5.74) is 0.181. The van der Waals surface area contributed by atoms with Crippen molar-refractivity contribution < 1.29 is 31.2 Å². The maximum Gasteiger partial charge on any atom is 0.417 e. The van der Waals surface area contributed by atoms with Gasteiger partial charge in [-0.2, -0.15) is 13.2 Å². The van der Waals surface area contributed by atoms with Crippen molar-refractivity contribution in [3.05, 3.63) is 128 Å². The van der Waals surface area contributed by atoms with Crippen LogP contribution in [0.1, 0.15) is 29.2 Å². The predicted octanol–water partition coefficient (Wildman–Crippen LogP) is 7.95. The molecule has 1 atom stereocenters. The molecule has 0 radical (unpaired) electrons. The number of carbonyl (C=O) groups is 2. The average molecular weight is 741 g/mol. The van der Waals surface area contributed by atoms with Crippen LogP contribution in [0.2, 0.25) is 15.1 Å². The first-order chi connectivity index (χ1) is 22.6. The van der Waals surface area contributed by atoms with Gasteiger partial charge in [0.25, 0.3) is 10.0 Å². The Labute approximate surface area is 292 Å². The third-order valence-electron chi connectivity index (χ3n) is 7.39. The van der Waals surface area contributed by atoms with E-state index in [-0.39, 0.29) is 34.5 Å². The lowest BCUT2D eigenvalue weighted by Crippen LogP contribution is -2.53. The van der Waals surface area contributed by atoms with Crippen LogP contribution in [0.3, 0.4) is 0 Å². The standard InChI is InChI=1S/C34H31Cl3F3N3O4S/c1-3-41-33(45)31(18-23-7-5-4-6-8-23)42(20-24-11-15-29(36)30(37)17-24)32(44)21-43(48(46,47)26-13-9-22(2)10-14-26)25-12-16-28(35)27(19-25)34(38,39)40/h4-17,19,31H,3,18,20-21H2,1-2H3,(H,41,45)/t31-/m0/s1. The molecule has 0 spiro atoms. The van der Waals surface area contributed by atoms with Crippen molar-refractivity contribution in [3.63, 3.8) is 0 Å². The molecule has 0 aliphatic carbocycles. The predicted molar refractivity (Wildman–Crippen MR) is 182 cm³/mol. The largest absolute Gasteiger partial charge is 0.417 e. The molecule has 0 bridgehead atoms. The van der Waals surface area contributed by atoms with Crippen molar-refractivity contribution in [2.75, 3.05) is 17.4 Å². The van der Waals surface area contributed by atoms with E-state index in [2.05, 4.69) is 5.32 Å². The molecule has 7 nitrogen and oxygen atoms in total. The minimum atomic E-state index is -4.92. The second-order valence-electron chi connectivity index (χ2n) is 10.9. The molecule has 254 valence electrons. The van der Waals surface area contributed by atoms with Gasteiger partial charge >= 0.3 is 6.18 Å². The smallest absolute Gasteiger partial charge is 0.355 e. The Kier molecular flexibility index (Phi) is 12.1. The van der Waals surface area contributed by atoms with Crippen molar-refractivity contribution in [1.29, 1.82) is 0 Å². The number of likely N-dealkylation sites (N-methyl/N-ethyl adjacent to an activating group) is 1. The molecule has 48 heavy (non-hydrogen) atoms. The van der Waals surface area contributed by atoms with Crippen LogP contribution in [0, 0.1) is 6.92 Å². The van der Waals surface area contributed by atoms with Gasteiger partial charge in [0.2, 0.25) is 11.8 Å². The fraction of sp³-hybridized carbons (Fsp3) is 0.235. The monoisotopic (exact) mass is 739 g/mol. The summed E-state index contributed by atoms with van der Waals surface area (Å²) >= 11 is 18.2. The summed E-state index contributed by atoms with van der Waals surface area (Å²) < 4.78 is 70.6. The van der Waals surface area contributed by atoms with E-state index in [1.807, 2.05) is 0 Å². The van der Waals surface area contributed by atoms with Gasteiger partial charge in [-0.05, 0) is 67.4 Å². The molecule has 4 aromatic rings. The molecule has 0 aliphatic rings. The number of halogens is 6. The van der Waals surface area contributed by atoms with E-state index >= 15 is 0 Å². The number of hydrogen-bond acceptors (Lipinski definition) is 4. The fourth-order valence-electron chi connectivity index (χ4n) is 4.93. The lowest BCUT2D eigenvalue weighted by molar-refractivity contribution is -0.140. The normalized spacial score (nSPS) is 12.3. The molecule has 0 unspecified atom stereocenters. The second-order valence-corrected chi connectivity index (χ2v) is 13.9. The lowest BCUT2D eigenvalue weighted by atomic mass is 10.0. The first kappa shape index (κ1) is 37.1. The summed E-state index contributed by atoms with van der Waals surface area (Å²) in [5, 5.41) is 2.52. The maximum atomic E-state index is 14.4. The maximum absolute atomic E-state index is 14.4. The van der Waals surface area contributed by atoms with Crippen LogP contribution in [-0.4, -0.2) is 44.3 Å². The molecule has 0 saturated carbocycles. The Bertz CT molecular complexity index is 1880. The Morgan fingerprint density at radius 1 is 0.833 bits per heavy atom. The Balaban J connectivity index is 1.87. The van der Waals surface area contributed by atoms with E-state index in [9.17, 15) is 31.2 Å². The van der Waals surface area contributed by atoms with Crippen LogP contribution in [0.15, 0.2) is 95.9 Å². The van der Waals surface area contributed by atoms with Crippen molar-refractivity contribution in [3.8, 4) is 0 Å². The number of sulfonamides is 1. The molecule has 0 aliphatic heterocycles. The van der Waals surface area contributed by atoms with Crippen molar-refractivity contribution in [1.82, 2.24) is 10.2 Å². The molecular formula is C34H31Cl3F3N3O4S. The van der Waals surface area contributed by atoms with Crippen molar-refractivity contribution >= 4 is 62.3 Å². The van der Waals surface area contributed by atoms with Crippen LogP contribution < -0.4 is 9.62 Å². The minimum absolute atomic E-state index is 0.0453. The molecule has 0 heterocycles. The number of aryl methyl sites for hydroxylation is 1. The van der Waals surface area contributed by atoms with E-state index in [4.69, 9.17) is 34.8 Å². The number of hydrogen-bond donors (Lipinski definition) is 1. The highest BCUT2D eigenvalue weighted by Crippen LogP contribution is 2.38. The third-order valence-corrected chi connectivity index (χ3v) is 10.2. The van der Waals surface area contributed by atoms with Gasteiger partial charge in [0, 0.05) is 19.5 Å². The summed E-state index contributed by atoms with van der Waals surface area (Å²) in [4.78, 5) is 28.9. The quantitative estimate of drug-likeness (QED) is 0.160. The van der Waals surface area contributed by atoms with Gasteiger partial charge in [-0.25, -0.2) is 8.42 Å². The first-order valence-electron chi connectivity index (χ1n) is 14.6. The van der Waals surface area contributed by atoms with Crippen molar-refractivity contribution in [2.45, 2.75) is 43.9 Å². The molecule has 0 fully saturated rings. The molecule has 4 rings (SSSR count). The molecule has 0 saturated heterocycles. The zero-order valence-corrected chi connectivity index (χ0v) is 28.9. The fourth-order valence-corrected chi connectivity index (χ4v) is 6.88. The highest BCUT2D eigenvalue weighted by atomic mass is 35.5. The second kappa shape index (κ2) is 15.6. The molecular weight excluding hydrogens is 710 g/mol. The van der Waals surface area contributed by atoms with Gasteiger partial charge in [-0.15, -0.1) is 0 Å². The topological polar surface area (TPSA) is 86.8 Å². The number of anilines is 1. The van der Waals surface area contributed by atoms with Gasteiger partial charge < -0.3 is 10.2 Å². The number of alkyl halides is 3. The third kappa shape index (κ3) is 9.02. The molecule has 14 heteroatoms. The van der Waals surface area contributed by atoms with Gasteiger partial charge in [0.15, 0.2) is 0 Å². The zero-order valence-electron chi connectivity index (χ0n) is 25.8. The average Bonchev–Trinajstić information content (AvgIpc) is 3.03. The van der Waals surface area contributed by atoms with E-state index in [0.29, 0.717) is 21.5 Å². The summed E-state index contributed by atoms with van der Waals surface area (Å²) in [5.74, 6) is -1.39. The summed E-state index contributed by atoms with van der Waals surface area (Å²) in [7, 11) is -4.64. The lowest BCUT2D eigenvalue weighted by Gasteiger charge is -2.34. The molecule has 4 aromatic carbocycles. The number of carbonyl (C=O) groups excluding carboxylic acids is 2. The van der Waals surface area contributed by atoms with Gasteiger partial charge in [0.1, 0.15) is 12.6 Å². The highest BCUT2D eigenvalue weighted by Gasteiger charge is 2.37. The Morgan fingerprint density at radius 3 is 2.08 bits per heavy atom. The summed E-state index contributed by atoms with van der Waals surface area (Å²) in [6, 6.07) is 20.6. The molecule has 0 aromatic heterocycles. The SMILES string of the molecule is CCNC(=O)[C@H](Cc1ccccc1)N(Cc1ccc(Cl)c(Cl)c1)C(=O)CN(c1ccc(Cl)c(C(F)(F)F)c1)S(=O)(=O)c1ccc(C)cc1. The van der Waals surface area contributed by atoms with E-state index in [0.717, 1.165) is 17.7 Å². The van der Waals surface area contributed by atoms with Crippen LogP contribution in [-0.2, 0) is 38.8 Å². The van der Waals surface area contributed by atoms with E-state index < -0.39 is 56.9 Å². The van der Waals surface area contributed by atoms with Crippen LogP contribution in [0.4, 0.5) is 18.9 Å². The van der Waals surface area contributed by atoms with E-state index in [1.165, 1.54) is 41.3 Å². The number of amides is 2.